The van der Waals surface area contributed by atoms with E-state index in [1.54, 1.807) is 0 Å². The van der Waals surface area contributed by atoms with E-state index in [0.717, 1.165) is 18.2 Å². The standard InChI is InChI=1S/C25H23F5N4O2/c1-13(2)23-32-11-14(12-33-23)24(35)34-20-16(17-10-15(26)5-6-19(17)27)7-8-31-21(20)22-18(25(28,29)30)4-3-9-36-22/h5-8,10-13,18,22H,3-4,9H2,1-2H3,(H,34,35). The molecule has 1 saturated heterocycles. The molecule has 1 fully saturated rings. The van der Waals surface area contributed by atoms with Gasteiger partial charge in [-0.2, -0.15) is 13.2 Å². The van der Waals surface area contributed by atoms with Crippen LogP contribution in [0.2, 0.25) is 0 Å². The number of nitrogens with one attached hydrogen (secondary N) is 1. The van der Waals surface area contributed by atoms with Crippen LogP contribution in [0.1, 0.15) is 60.6 Å². The summed E-state index contributed by atoms with van der Waals surface area (Å²) in [6, 6.07) is 4.00. The molecule has 0 bridgehead atoms. The van der Waals surface area contributed by atoms with E-state index >= 15 is 0 Å². The topological polar surface area (TPSA) is 77.0 Å². The lowest BCUT2D eigenvalue weighted by Crippen LogP contribution is -2.35. The first-order valence-electron chi connectivity index (χ1n) is 11.3. The molecule has 2 unspecified atom stereocenters. The Morgan fingerprint density at radius 3 is 2.47 bits per heavy atom. The van der Waals surface area contributed by atoms with E-state index < -0.39 is 35.7 Å². The van der Waals surface area contributed by atoms with Gasteiger partial charge in [0.05, 0.1) is 22.9 Å². The average Bonchev–Trinajstić information content (AvgIpc) is 2.85. The summed E-state index contributed by atoms with van der Waals surface area (Å²) < 4.78 is 75.8. The maximum absolute atomic E-state index is 14.7. The van der Waals surface area contributed by atoms with Crippen LogP contribution in [-0.4, -0.2) is 33.6 Å². The van der Waals surface area contributed by atoms with Crippen molar-refractivity contribution >= 4 is 11.6 Å². The van der Waals surface area contributed by atoms with Gasteiger partial charge in [0, 0.05) is 42.2 Å². The van der Waals surface area contributed by atoms with Crippen LogP contribution in [-0.2, 0) is 4.74 Å². The number of pyridine rings is 1. The van der Waals surface area contributed by atoms with Crippen LogP contribution in [0.25, 0.3) is 11.1 Å². The predicted octanol–water partition coefficient (Wildman–Crippen LogP) is 6.22. The number of rotatable bonds is 5. The first-order chi connectivity index (χ1) is 17.1. The van der Waals surface area contributed by atoms with Gasteiger partial charge < -0.3 is 10.1 Å². The summed E-state index contributed by atoms with van der Waals surface area (Å²) in [4.78, 5) is 25.5. The molecule has 36 heavy (non-hydrogen) atoms. The van der Waals surface area contributed by atoms with E-state index in [9.17, 15) is 26.7 Å². The monoisotopic (exact) mass is 506 g/mol. The number of ether oxygens (including phenoxy) is 1. The van der Waals surface area contributed by atoms with Crippen LogP contribution in [0.4, 0.5) is 27.6 Å². The minimum Gasteiger partial charge on any atom is -0.371 e. The van der Waals surface area contributed by atoms with Gasteiger partial charge in [0.1, 0.15) is 23.6 Å². The molecule has 1 amide bonds. The number of amides is 1. The molecule has 3 heterocycles. The van der Waals surface area contributed by atoms with Crippen molar-refractivity contribution < 1.29 is 31.5 Å². The lowest BCUT2D eigenvalue weighted by Gasteiger charge is -2.34. The average molecular weight is 506 g/mol. The third-order valence-electron chi connectivity index (χ3n) is 5.90. The molecule has 11 heteroatoms. The summed E-state index contributed by atoms with van der Waals surface area (Å²) in [6.07, 6.45) is -2.42. The summed E-state index contributed by atoms with van der Waals surface area (Å²) in [5, 5.41) is 2.54. The van der Waals surface area contributed by atoms with E-state index in [2.05, 4.69) is 20.3 Å². The summed E-state index contributed by atoms with van der Waals surface area (Å²) in [6.45, 7) is 3.80. The number of alkyl halides is 3. The predicted molar refractivity (Wildman–Crippen MR) is 121 cm³/mol. The van der Waals surface area contributed by atoms with E-state index in [1.165, 1.54) is 24.7 Å². The Morgan fingerprint density at radius 1 is 1.08 bits per heavy atom. The minimum absolute atomic E-state index is 0.0114. The molecule has 1 aliphatic heterocycles. The lowest BCUT2D eigenvalue weighted by molar-refractivity contribution is -0.223. The summed E-state index contributed by atoms with van der Waals surface area (Å²) in [5.41, 5.74) is -0.705. The van der Waals surface area contributed by atoms with E-state index in [4.69, 9.17) is 4.74 Å². The van der Waals surface area contributed by atoms with Crippen molar-refractivity contribution in [2.75, 3.05) is 11.9 Å². The van der Waals surface area contributed by atoms with E-state index in [-0.39, 0.29) is 53.4 Å². The molecule has 1 aromatic carbocycles. The Kier molecular flexibility index (Phi) is 7.30. The largest absolute Gasteiger partial charge is 0.394 e. The second kappa shape index (κ2) is 10.3. The zero-order valence-corrected chi connectivity index (χ0v) is 19.4. The lowest BCUT2D eigenvalue weighted by atomic mass is 9.89. The van der Waals surface area contributed by atoms with Gasteiger partial charge in [-0.3, -0.25) is 9.78 Å². The highest BCUT2D eigenvalue weighted by Crippen LogP contribution is 2.46. The van der Waals surface area contributed by atoms with Crippen molar-refractivity contribution in [3.63, 3.8) is 0 Å². The minimum atomic E-state index is -4.60. The van der Waals surface area contributed by atoms with Gasteiger partial charge in [-0.15, -0.1) is 0 Å². The fourth-order valence-electron chi connectivity index (χ4n) is 4.08. The molecule has 0 saturated carbocycles. The molecule has 0 spiro atoms. The van der Waals surface area contributed by atoms with Gasteiger partial charge in [-0.1, -0.05) is 13.8 Å². The zero-order valence-electron chi connectivity index (χ0n) is 19.4. The van der Waals surface area contributed by atoms with Gasteiger partial charge in [-0.25, -0.2) is 18.7 Å². The molecule has 0 radical (unpaired) electrons. The first-order valence-corrected chi connectivity index (χ1v) is 11.3. The van der Waals surface area contributed by atoms with Crippen molar-refractivity contribution in [1.82, 2.24) is 15.0 Å². The molecule has 4 rings (SSSR count). The molecule has 190 valence electrons. The smallest absolute Gasteiger partial charge is 0.371 e. The SMILES string of the molecule is CC(C)c1ncc(C(=O)Nc2c(-c3cc(F)ccc3F)ccnc2C2OCCCC2C(F)(F)F)cn1. The van der Waals surface area contributed by atoms with Crippen molar-refractivity contribution in [3.05, 3.63) is 71.6 Å². The Morgan fingerprint density at radius 2 is 1.81 bits per heavy atom. The van der Waals surface area contributed by atoms with E-state index in [0.29, 0.717) is 5.82 Å². The Bertz CT molecular complexity index is 1250. The quantitative estimate of drug-likeness (QED) is 0.416. The number of halogens is 5. The number of carbonyl (C=O) groups excluding carboxylic acids is 1. The van der Waals surface area contributed by atoms with Gasteiger partial charge in [-0.05, 0) is 37.1 Å². The molecule has 3 aromatic rings. The van der Waals surface area contributed by atoms with Crippen LogP contribution in [0.15, 0.2) is 42.9 Å². The van der Waals surface area contributed by atoms with Crippen molar-refractivity contribution in [2.45, 2.75) is 44.9 Å². The molecule has 1 aliphatic rings. The van der Waals surface area contributed by atoms with Crippen LogP contribution < -0.4 is 5.32 Å². The zero-order chi connectivity index (χ0) is 26.0. The second-order valence-electron chi connectivity index (χ2n) is 8.76. The molecule has 6 nitrogen and oxygen atoms in total. The number of anilines is 1. The first kappa shape index (κ1) is 25.6. The van der Waals surface area contributed by atoms with Crippen molar-refractivity contribution in [1.29, 1.82) is 0 Å². The summed E-state index contributed by atoms with van der Waals surface area (Å²) in [7, 11) is 0. The maximum atomic E-state index is 14.7. The molecular formula is C25H23F5N4O2. The fourth-order valence-corrected chi connectivity index (χ4v) is 4.08. The summed E-state index contributed by atoms with van der Waals surface area (Å²) in [5.74, 6) is -3.72. The Balaban J connectivity index is 1.83. The van der Waals surface area contributed by atoms with Crippen LogP contribution in [0, 0.1) is 17.6 Å². The van der Waals surface area contributed by atoms with Crippen LogP contribution >= 0.6 is 0 Å². The van der Waals surface area contributed by atoms with Gasteiger partial charge in [0.15, 0.2) is 0 Å². The normalized spacial score (nSPS) is 18.3. The molecular weight excluding hydrogens is 483 g/mol. The van der Waals surface area contributed by atoms with Crippen LogP contribution in [0.5, 0.6) is 0 Å². The summed E-state index contributed by atoms with van der Waals surface area (Å²) >= 11 is 0. The number of hydrogen-bond donors (Lipinski definition) is 1. The Hall–Kier alpha value is -3.47. The highest BCUT2D eigenvalue weighted by Gasteiger charge is 2.48. The number of carbonyl (C=O) groups is 1. The van der Waals surface area contributed by atoms with E-state index in [1.807, 2.05) is 13.8 Å². The molecule has 1 N–H and O–H groups in total. The third-order valence-corrected chi connectivity index (χ3v) is 5.90. The van der Waals surface area contributed by atoms with Gasteiger partial charge in [0.2, 0.25) is 0 Å². The molecule has 0 aliphatic carbocycles. The highest BCUT2D eigenvalue weighted by atomic mass is 19.4. The molecule has 2 aromatic heterocycles. The number of hydrogen-bond acceptors (Lipinski definition) is 5. The second-order valence-corrected chi connectivity index (χ2v) is 8.76. The number of nitrogens with zero attached hydrogens (tertiary/aromatic N) is 3. The van der Waals surface area contributed by atoms with Gasteiger partial charge >= 0.3 is 6.18 Å². The van der Waals surface area contributed by atoms with Crippen LogP contribution in [0.3, 0.4) is 0 Å². The number of benzene rings is 1. The third kappa shape index (κ3) is 5.35. The number of aromatic nitrogens is 3. The van der Waals surface area contributed by atoms with Crippen molar-refractivity contribution in [2.24, 2.45) is 5.92 Å². The maximum Gasteiger partial charge on any atom is 0.394 e. The molecule has 2 atom stereocenters. The fraction of sp³-hybridized carbons (Fsp3) is 0.360. The van der Waals surface area contributed by atoms with Gasteiger partial charge in [0.25, 0.3) is 5.91 Å². The van der Waals surface area contributed by atoms with Crippen molar-refractivity contribution in [3.8, 4) is 11.1 Å². The highest BCUT2D eigenvalue weighted by molar-refractivity contribution is 6.06. The Labute approximate surface area is 204 Å².